The Morgan fingerprint density at radius 1 is 1.04 bits per heavy atom. The van der Waals surface area contributed by atoms with Crippen LogP contribution in [0.2, 0.25) is 0 Å². The van der Waals surface area contributed by atoms with Gasteiger partial charge in [-0.3, -0.25) is 4.79 Å². The van der Waals surface area contributed by atoms with Crippen LogP contribution in [0.4, 0.5) is 11.4 Å². The maximum atomic E-state index is 12.5. The molecule has 2 rings (SSSR count). The Balaban J connectivity index is 0. The molecule has 0 heterocycles. The van der Waals surface area contributed by atoms with Crippen molar-refractivity contribution in [3.05, 3.63) is 46.9 Å². The molecule has 148 valence electrons. The van der Waals surface area contributed by atoms with Gasteiger partial charge in [0.05, 0.1) is 32.1 Å². The minimum Gasteiger partial charge on any atom is -1.00 e. The zero-order valence-electron chi connectivity index (χ0n) is 15.9. The van der Waals surface area contributed by atoms with Crippen molar-refractivity contribution in [3.8, 4) is 17.2 Å². The van der Waals surface area contributed by atoms with Gasteiger partial charge in [-0.15, -0.1) is 0 Å². The number of diazo groups is 1. The Bertz CT molecular complexity index is 799. The monoisotopic (exact) mass is 476 g/mol. The number of hydrogen-bond acceptors (Lipinski definition) is 5. The zero-order chi connectivity index (χ0) is 18.2. The molecule has 0 aliphatic carbocycles. The summed E-state index contributed by atoms with van der Waals surface area (Å²) in [6.45, 7) is 4.42. The number of amides is 1. The predicted molar refractivity (Wildman–Crippen MR) is 94.5 cm³/mol. The van der Waals surface area contributed by atoms with E-state index in [2.05, 4.69) is 10.3 Å². The molecular formula is C18H20Cl2N3O4Zn-. The van der Waals surface area contributed by atoms with Crippen LogP contribution in [0.15, 0.2) is 36.4 Å². The summed E-state index contributed by atoms with van der Waals surface area (Å²) in [6, 6.07) is 9.82. The van der Waals surface area contributed by atoms with Gasteiger partial charge < -0.3 is 44.3 Å². The van der Waals surface area contributed by atoms with Crippen molar-refractivity contribution in [1.29, 1.82) is 5.39 Å². The van der Waals surface area contributed by atoms with Crippen LogP contribution in [0.5, 0.6) is 17.2 Å². The van der Waals surface area contributed by atoms with Crippen molar-refractivity contribution in [2.45, 2.75) is 13.8 Å². The van der Waals surface area contributed by atoms with Crippen LogP contribution >= 0.6 is 0 Å². The molecule has 1 N–H and O–H groups in total. The quantitative estimate of drug-likeness (QED) is 0.376. The molecule has 2 aromatic rings. The Morgan fingerprint density at radius 3 is 2.11 bits per heavy atom. The number of nitrogens with one attached hydrogen (secondary N) is 1. The first-order valence-corrected chi connectivity index (χ1v) is 7.87. The van der Waals surface area contributed by atoms with E-state index in [0.29, 0.717) is 41.7 Å². The molecule has 28 heavy (non-hydrogen) atoms. The van der Waals surface area contributed by atoms with Gasteiger partial charge in [0.2, 0.25) is 11.1 Å². The van der Waals surface area contributed by atoms with Crippen LogP contribution in [0.1, 0.15) is 24.2 Å². The predicted octanol–water partition coefficient (Wildman–Crippen LogP) is -1.77. The van der Waals surface area contributed by atoms with Crippen molar-refractivity contribution in [2.75, 3.05) is 25.6 Å². The van der Waals surface area contributed by atoms with Crippen molar-refractivity contribution in [3.63, 3.8) is 0 Å². The van der Waals surface area contributed by atoms with Gasteiger partial charge in [-0.2, -0.15) is 0 Å². The van der Waals surface area contributed by atoms with E-state index in [-0.39, 0.29) is 55.9 Å². The van der Waals surface area contributed by atoms with E-state index >= 15 is 0 Å². The first kappa shape index (κ1) is 28.1. The number of ether oxygens (including phenoxy) is 3. The standard InChI is InChI=1S/C18H19N3O4.2ClH.Zn/c1-4-24-16-11-15(21-19)17(25-5-2)10-14(16)20-18(22)12-6-8-13(23-3)9-7-12;;;/h6-11H,4-5H2,1-3H3;2*1H;/p-1. The summed E-state index contributed by atoms with van der Waals surface area (Å²) in [6.07, 6.45) is 0. The van der Waals surface area contributed by atoms with Gasteiger partial charge in [-0.05, 0) is 38.1 Å². The fourth-order valence-corrected chi connectivity index (χ4v) is 2.21. The van der Waals surface area contributed by atoms with Crippen molar-refractivity contribution < 1.29 is 63.3 Å². The van der Waals surface area contributed by atoms with E-state index in [0.717, 1.165) is 0 Å². The molecule has 7 nitrogen and oxygen atoms in total. The number of benzene rings is 2. The Labute approximate surface area is 189 Å². The summed E-state index contributed by atoms with van der Waals surface area (Å²) in [5.74, 6) is 1.10. The average Bonchev–Trinajstić information content (AvgIpc) is 2.64. The van der Waals surface area contributed by atoms with E-state index in [4.69, 9.17) is 19.6 Å². The summed E-state index contributed by atoms with van der Waals surface area (Å²) in [4.78, 5) is 15.7. The van der Waals surface area contributed by atoms with Crippen LogP contribution in [-0.2, 0) is 19.5 Å². The third kappa shape index (κ3) is 7.16. The molecule has 0 unspecified atom stereocenters. The number of halogens is 2. The van der Waals surface area contributed by atoms with Gasteiger partial charge in [0.25, 0.3) is 5.91 Å². The molecule has 0 radical (unpaired) electrons. The topological polar surface area (TPSA) is 84.9 Å². The molecule has 0 saturated carbocycles. The summed E-state index contributed by atoms with van der Waals surface area (Å²) in [5.41, 5.74) is 1.13. The molecule has 0 atom stereocenters. The number of hydrogen-bond donors (Lipinski definition) is 1. The first-order valence-electron chi connectivity index (χ1n) is 7.87. The second-order valence-electron chi connectivity index (χ2n) is 4.96. The zero-order valence-corrected chi connectivity index (χ0v) is 20.3. The first-order chi connectivity index (χ1) is 12.1. The molecule has 1 amide bonds. The third-order valence-corrected chi connectivity index (χ3v) is 3.37. The van der Waals surface area contributed by atoms with Crippen LogP contribution in [0.25, 0.3) is 4.98 Å². The molecule has 0 saturated heterocycles. The minimum absolute atomic E-state index is 0. The van der Waals surface area contributed by atoms with Crippen LogP contribution in [0, 0.1) is 5.39 Å². The Hall–Kier alpha value is -2.07. The fourth-order valence-electron chi connectivity index (χ4n) is 2.21. The summed E-state index contributed by atoms with van der Waals surface area (Å²) < 4.78 is 16.1. The smallest absolute Gasteiger partial charge is 0.430 e. The number of anilines is 1. The Morgan fingerprint density at radius 2 is 1.61 bits per heavy atom. The van der Waals surface area contributed by atoms with Gasteiger partial charge in [0.1, 0.15) is 5.75 Å². The number of rotatable bonds is 7. The average molecular weight is 479 g/mol. The molecule has 0 aliphatic heterocycles. The normalized spacial score (nSPS) is 8.79. The van der Waals surface area contributed by atoms with Crippen LogP contribution in [0.3, 0.4) is 0 Å². The molecule has 0 spiro atoms. The number of nitrogens with zero attached hydrogens (tertiary/aromatic N) is 2. The maximum Gasteiger partial charge on any atom is 0.430 e. The Kier molecular flexibility index (Phi) is 14.1. The summed E-state index contributed by atoms with van der Waals surface area (Å²) in [7, 11) is 1.56. The molecule has 0 aromatic heterocycles. The molecule has 0 fully saturated rings. The van der Waals surface area contributed by atoms with Crippen LogP contribution < -0.4 is 44.3 Å². The second-order valence-corrected chi connectivity index (χ2v) is 4.96. The second kappa shape index (κ2) is 14.0. The van der Waals surface area contributed by atoms with Gasteiger partial charge in [0.15, 0.2) is 10.7 Å². The van der Waals surface area contributed by atoms with E-state index in [1.807, 2.05) is 13.8 Å². The van der Waals surface area contributed by atoms with Crippen molar-refractivity contribution in [2.24, 2.45) is 0 Å². The molecule has 2 aromatic carbocycles. The maximum absolute atomic E-state index is 12.5. The molecule has 0 aliphatic rings. The number of carbonyl (C=O) groups excluding carboxylic acids is 1. The molecular weight excluding hydrogens is 459 g/mol. The largest absolute Gasteiger partial charge is 1.00 e. The SMILES string of the molecule is CCOc1cc(NC(=O)c2ccc(OC)cc2)c(OCC)cc1[N+]#N.[Cl-].[Cl-].[Zn]. The van der Waals surface area contributed by atoms with Gasteiger partial charge in [0, 0.05) is 31.1 Å². The third-order valence-electron chi connectivity index (χ3n) is 3.37. The minimum atomic E-state index is -0.306. The van der Waals surface area contributed by atoms with Gasteiger partial charge in [-0.1, -0.05) is 0 Å². The fraction of sp³-hybridized carbons (Fsp3) is 0.278. The van der Waals surface area contributed by atoms with E-state index in [9.17, 15) is 4.79 Å². The van der Waals surface area contributed by atoms with E-state index < -0.39 is 0 Å². The van der Waals surface area contributed by atoms with Crippen LogP contribution in [-0.4, -0.2) is 26.2 Å². The van der Waals surface area contributed by atoms with Crippen molar-refractivity contribution in [1.82, 2.24) is 0 Å². The summed E-state index contributed by atoms with van der Waals surface area (Å²) >= 11 is 0. The number of carbonyl (C=O) groups is 1. The van der Waals surface area contributed by atoms with Gasteiger partial charge >= 0.3 is 5.69 Å². The molecule has 10 heteroatoms. The van der Waals surface area contributed by atoms with E-state index in [1.165, 1.54) is 6.07 Å². The molecule has 0 bridgehead atoms. The van der Waals surface area contributed by atoms with E-state index in [1.54, 1.807) is 37.4 Å². The van der Waals surface area contributed by atoms with Gasteiger partial charge in [-0.25, -0.2) is 0 Å². The number of methoxy groups -OCH3 is 1. The van der Waals surface area contributed by atoms with Crippen molar-refractivity contribution >= 4 is 17.3 Å². The summed E-state index contributed by atoms with van der Waals surface area (Å²) in [5, 5.41) is 11.9.